The zero-order chi connectivity index (χ0) is 10.0. The lowest BCUT2D eigenvalue weighted by molar-refractivity contribution is -0.0767. The van der Waals surface area contributed by atoms with Crippen LogP contribution in [0.5, 0.6) is 0 Å². The third-order valence-electron chi connectivity index (χ3n) is 2.47. The summed E-state index contributed by atoms with van der Waals surface area (Å²) < 4.78 is 6.93. The van der Waals surface area contributed by atoms with Gasteiger partial charge >= 0.3 is 0 Å². The standard InChI is InChI=1S/C11H14BrNO/c1-11(7-13-8-11)14-6-9-3-2-4-10(12)5-9/h2-5,13H,6-8H2,1H3. The summed E-state index contributed by atoms with van der Waals surface area (Å²) in [7, 11) is 0. The van der Waals surface area contributed by atoms with Crippen LogP contribution in [0.2, 0.25) is 0 Å². The second kappa shape index (κ2) is 4.01. The van der Waals surface area contributed by atoms with Gasteiger partial charge in [0.25, 0.3) is 0 Å². The highest BCUT2D eigenvalue weighted by Crippen LogP contribution is 2.19. The topological polar surface area (TPSA) is 21.3 Å². The molecule has 0 atom stereocenters. The van der Waals surface area contributed by atoms with Crippen molar-refractivity contribution in [2.75, 3.05) is 13.1 Å². The molecule has 3 heteroatoms. The Bertz CT molecular complexity index is 323. The molecule has 2 rings (SSSR count). The Labute approximate surface area is 92.8 Å². The number of ether oxygens (including phenoxy) is 1. The van der Waals surface area contributed by atoms with Gasteiger partial charge in [0.2, 0.25) is 0 Å². The Morgan fingerprint density at radius 1 is 1.50 bits per heavy atom. The summed E-state index contributed by atoms with van der Waals surface area (Å²) >= 11 is 3.45. The van der Waals surface area contributed by atoms with Crippen LogP contribution in [0.4, 0.5) is 0 Å². The molecule has 0 spiro atoms. The second-order valence-corrected chi connectivity index (χ2v) is 4.89. The van der Waals surface area contributed by atoms with Crippen molar-refractivity contribution in [1.29, 1.82) is 0 Å². The number of rotatable bonds is 3. The van der Waals surface area contributed by atoms with Crippen LogP contribution in [-0.4, -0.2) is 18.7 Å². The van der Waals surface area contributed by atoms with Crippen molar-refractivity contribution in [3.8, 4) is 0 Å². The zero-order valence-electron chi connectivity index (χ0n) is 8.22. The van der Waals surface area contributed by atoms with Crippen LogP contribution >= 0.6 is 15.9 Å². The monoisotopic (exact) mass is 255 g/mol. The van der Waals surface area contributed by atoms with Crippen LogP contribution < -0.4 is 5.32 Å². The molecular weight excluding hydrogens is 242 g/mol. The fraction of sp³-hybridized carbons (Fsp3) is 0.455. The molecule has 0 amide bonds. The molecule has 1 aliphatic rings. The molecule has 1 aliphatic heterocycles. The molecule has 0 unspecified atom stereocenters. The van der Waals surface area contributed by atoms with Crippen molar-refractivity contribution in [3.63, 3.8) is 0 Å². The highest BCUT2D eigenvalue weighted by molar-refractivity contribution is 9.10. The first-order chi connectivity index (χ1) is 6.68. The van der Waals surface area contributed by atoms with Gasteiger partial charge in [0.05, 0.1) is 12.2 Å². The normalized spacial score (nSPS) is 19.0. The first kappa shape index (κ1) is 10.1. The molecule has 0 bridgehead atoms. The van der Waals surface area contributed by atoms with Crippen LogP contribution in [0.25, 0.3) is 0 Å². The van der Waals surface area contributed by atoms with Gasteiger partial charge in [-0.15, -0.1) is 0 Å². The lowest BCUT2D eigenvalue weighted by Gasteiger charge is -2.39. The van der Waals surface area contributed by atoms with Gasteiger partial charge in [-0.3, -0.25) is 0 Å². The van der Waals surface area contributed by atoms with Crippen molar-refractivity contribution in [1.82, 2.24) is 5.32 Å². The van der Waals surface area contributed by atoms with Gasteiger partial charge in [0.1, 0.15) is 0 Å². The van der Waals surface area contributed by atoms with E-state index in [0.717, 1.165) is 17.6 Å². The number of nitrogens with one attached hydrogen (secondary N) is 1. The molecule has 0 aliphatic carbocycles. The van der Waals surface area contributed by atoms with Crippen molar-refractivity contribution in [2.45, 2.75) is 19.1 Å². The summed E-state index contributed by atoms with van der Waals surface area (Å²) in [5.41, 5.74) is 1.26. The van der Waals surface area contributed by atoms with Crippen LogP contribution in [0.1, 0.15) is 12.5 Å². The number of hydrogen-bond donors (Lipinski definition) is 1. The number of benzene rings is 1. The molecule has 1 saturated heterocycles. The Morgan fingerprint density at radius 2 is 2.29 bits per heavy atom. The quantitative estimate of drug-likeness (QED) is 0.896. The van der Waals surface area contributed by atoms with E-state index in [0.29, 0.717) is 6.61 Å². The van der Waals surface area contributed by atoms with E-state index in [2.05, 4.69) is 40.3 Å². The molecule has 1 aromatic rings. The number of hydrogen-bond acceptors (Lipinski definition) is 2. The smallest absolute Gasteiger partial charge is 0.0906 e. The Morgan fingerprint density at radius 3 is 2.86 bits per heavy atom. The Kier molecular flexibility index (Phi) is 2.91. The maximum atomic E-state index is 5.82. The van der Waals surface area contributed by atoms with Gasteiger partial charge < -0.3 is 10.1 Å². The molecule has 14 heavy (non-hydrogen) atoms. The minimum Gasteiger partial charge on any atom is -0.368 e. The summed E-state index contributed by atoms with van der Waals surface area (Å²) in [6, 6.07) is 8.23. The minimum absolute atomic E-state index is 0.0440. The van der Waals surface area contributed by atoms with Crippen molar-refractivity contribution >= 4 is 15.9 Å². The Hall–Kier alpha value is -0.380. The van der Waals surface area contributed by atoms with E-state index in [-0.39, 0.29) is 5.60 Å². The van der Waals surface area contributed by atoms with Crippen molar-refractivity contribution in [2.24, 2.45) is 0 Å². The van der Waals surface area contributed by atoms with Crippen LogP contribution in [-0.2, 0) is 11.3 Å². The van der Waals surface area contributed by atoms with Gasteiger partial charge in [-0.2, -0.15) is 0 Å². The van der Waals surface area contributed by atoms with E-state index < -0.39 is 0 Å². The molecule has 1 aromatic carbocycles. The molecule has 0 aromatic heterocycles. The SMILES string of the molecule is CC1(OCc2cccc(Br)c2)CNC1. The highest BCUT2D eigenvalue weighted by Gasteiger charge is 2.32. The number of halogens is 1. The first-order valence-electron chi connectivity index (χ1n) is 4.77. The van der Waals surface area contributed by atoms with Crippen molar-refractivity contribution in [3.05, 3.63) is 34.3 Å². The maximum absolute atomic E-state index is 5.82. The van der Waals surface area contributed by atoms with E-state index in [1.807, 2.05) is 12.1 Å². The lowest BCUT2D eigenvalue weighted by atomic mass is 10.00. The molecule has 76 valence electrons. The fourth-order valence-corrected chi connectivity index (χ4v) is 1.91. The maximum Gasteiger partial charge on any atom is 0.0906 e. The van der Waals surface area contributed by atoms with E-state index in [1.54, 1.807) is 0 Å². The second-order valence-electron chi connectivity index (χ2n) is 3.97. The van der Waals surface area contributed by atoms with Gasteiger partial charge in [0.15, 0.2) is 0 Å². The fourth-order valence-electron chi connectivity index (χ4n) is 1.46. The van der Waals surface area contributed by atoms with Crippen LogP contribution in [0.3, 0.4) is 0 Å². The molecule has 2 nitrogen and oxygen atoms in total. The summed E-state index contributed by atoms with van der Waals surface area (Å²) in [6.07, 6.45) is 0. The largest absolute Gasteiger partial charge is 0.368 e. The molecule has 1 heterocycles. The van der Waals surface area contributed by atoms with Gasteiger partial charge in [0, 0.05) is 17.6 Å². The average molecular weight is 256 g/mol. The summed E-state index contributed by atoms with van der Waals surface area (Å²) in [6.45, 7) is 4.75. The summed E-state index contributed by atoms with van der Waals surface area (Å²) in [5, 5.41) is 3.22. The van der Waals surface area contributed by atoms with E-state index in [9.17, 15) is 0 Å². The predicted molar refractivity (Wildman–Crippen MR) is 60.2 cm³/mol. The Balaban J connectivity index is 1.91. The van der Waals surface area contributed by atoms with Gasteiger partial charge in [-0.25, -0.2) is 0 Å². The lowest BCUT2D eigenvalue weighted by Crippen LogP contribution is -2.58. The van der Waals surface area contributed by atoms with Crippen LogP contribution in [0.15, 0.2) is 28.7 Å². The summed E-state index contributed by atoms with van der Waals surface area (Å²) in [4.78, 5) is 0. The third kappa shape index (κ3) is 2.35. The highest BCUT2D eigenvalue weighted by atomic mass is 79.9. The van der Waals surface area contributed by atoms with Gasteiger partial charge in [-0.05, 0) is 24.6 Å². The minimum atomic E-state index is 0.0440. The van der Waals surface area contributed by atoms with Crippen molar-refractivity contribution < 1.29 is 4.74 Å². The summed E-state index contributed by atoms with van der Waals surface area (Å²) in [5.74, 6) is 0. The third-order valence-corrected chi connectivity index (χ3v) is 2.97. The average Bonchev–Trinajstić information content (AvgIpc) is 2.12. The zero-order valence-corrected chi connectivity index (χ0v) is 9.80. The van der Waals surface area contributed by atoms with Gasteiger partial charge in [-0.1, -0.05) is 28.1 Å². The molecular formula is C11H14BrNO. The van der Waals surface area contributed by atoms with Crippen LogP contribution in [0, 0.1) is 0 Å². The van der Waals surface area contributed by atoms with E-state index in [1.165, 1.54) is 5.56 Å². The molecule has 0 radical (unpaired) electrons. The van der Waals surface area contributed by atoms with E-state index in [4.69, 9.17) is 4.74 Å². The first-order valence-corrected chi connectivity index (χ1v) is 5.56. The van der Waals surface area contributed by atoms with E-state index >= 15 is 0 Å². The molecule has 0 saturated carbocycles. The molecule has 1 N–H and O–H groups in total. The molecule has 1 fully saturated rings. The predicted octanol–water partition coefficient (Wildman–Crippen LogP) is 2.33.